The fourth-order valence-electron chi connectivity index (χ4n) is 2.80. The molecule has 3 rings (SSSR count). The van der Waals surface area contributed by atoms with Gasteiger partial charge in [0, 0.05) is 22.2 Å². The van der Waals surface area contributed by atoms with Crippen LogP contribution in [0.15, 0.2) is 29.6 Å². The van der Waals surface area contributed by atoms with Crippen molar-refractivity contribution in [3.63, 3.8) is 0 Å². The van der Waals surface area contributed by atoms with Gasteiger partial charge in [-0.05, 0) is 54.0 Å². The summed E-state index contributed by atoms with van der Waals surface area (Å²) in [6.45, 7) is 0. The molecule has 0 spiro atoms. The molecule has 0 saturated heterocycles. The number of aryl methyl sites for hydroxylation is 1. The molecule has 1 aromatic carbocycles. The lowest BCUT2D eigenvalue weighted by atomic mass is 9.83. The van der Waals surface area contributed by atoms with E-state index in [4.69, 9.17) is 11.6 Å². The second-order valence-electron chi connectivity index (χ2n) is 5.12. The van der Waals surface area contributed by atoms with Crippen molar-refractivity contribution in [2.45, 2.75) is 31.6 Å². The van der Waals surface area contributed by atoms with Crippen molar-refractivity contribution < 1.29 is 9.18 Å². The third-order valence-corrected chi connectivity index (χ3v) is 5.05. The Labute approximate surface area is 126 Å². The maximum absolute atomic E-state index is 13.8. The van der Waals surface area contributed by atoms with Gasteiger partial charge in [0.2, 0.25) is 0 Å². The predicted molar refractivity (Wildman–Crippen MR) is 80.1 cm³/mol. The zero-order valence-corrected chi connectivity index (χ0v) is 12.4. The Kier molecular flexibility index (Phi) is 3.90. The van der Waals surface area contributed by atoms with Gasteiger partial charge in [-0.2, -0.15) is 0 Å². The number of carbonyl (C=O) groups excluding carboxylic acids is 1. The molecule has 1 atom stereocenters. The van der Waals surface area contributed by atoms with E-state index in [-0.39, 0.29) is 18.1 Å². The molecule has 0 amide bonds. The number of fused-ring (bicyclic) bond motifs is 1. The Balaban J connectivity index is 1.81. The molecule has 1 unspecified atom stereocenters. The van der Waals surface area contributed by atoms with Gasteiger partial charge in [-0.1, -0.05) is 17.7 Å². The van der Waals surface area contributed by atoms with Crippen LogP contribution in [-0.2, 0) is 17.6 Å². The lowest BCUT2D eigenvalue weighted by Crippen LogP contribution is -2.19. The van der Waals surface area contributed by atoms with Crippen LogP contribution < -0.4 is 0 Å². The van der Waals surface area contributed by atoms with Crippen LogP contribution in [-0.4, -0.2) is 5.78 Å². The fraction of sp³-hybridized carbons (Fsp3) is 0.312. The number of benzene rings is 1. The highest BCUT2D eigenvalue weighted by Gasteiger charge is 2.27. The fourth-order valence-corrected chi connectivity index (χ4v) is 3.94. The average molecular weight is 309 g/mol. The van der Waals surface area contributed by atoms with E-state index < -0.39 is 5.82 Å². The van der Waals surface area contributed by atoms with Gasteiger partial charge in [0.25, 0.3) is 0 Å². The number of carbonyl (C=O) groups is 1. The molecule has 0 aliphatic heterocycles. The average Bonchev–Trinajstić information content (AvgIpc) is 2.90. The number of rotatable bonds is 3. The van der Waals surface area contributed by atoms with Gasteiger partial charge >= 0.3 is 0 Å². The van der Waals surface area contributed by atoms with E-state index in [0.717, 1.165) is 24.8 Å². The van der Waals surface area contributed by atoms with Gasteiger partial charge in [0.05, 0.1) is 0 Å². The van der Waals surface area contributed by atoms with Gasteiger partial charge in [-0.3, -0.25) is 4.79 Å². The van der Waals surface area contributed by atoms with Gasteiger partial charge < -0.3 is 0 Å². The van der Waals surface area contributed by atoms with Crippen molar-refractivity contribution >= 4 is 28.7 Å². The molecule has 0 bridgehead atoms. The number of halogens is 2. The van der Waals surface area contributed by atoms with E-state index in [9.17, 15) is 9.18 Å². The van der Waals surface area contributed by atoms with Crippen LogP contribution in [0.25, 0.3) is 0 Å². The summed E-state index contributed by atoms with van der Waals surface area (Å²) in [6, 6.07) is 6.54. The molecule has 4 heteroatoms. The summed E-state index contributed by atoms with van der Waals surface area (Å²) in [5, 5.41) is 2.40. The topological polar surface area (TPSA) is 17.1 Å². The molecule has 20 heavy (non-hydrogen) atoms. The molecule has 104 valence electrons. The maximum Gasteiger partial charge on any atom is 0.144 e. The zero-order valence-electron chi connectivity index (χ0n) is 10.9. The highest BCUT2D eigenvalue weighted by Crippen LogP contribution is 2.36. The summed E-state index contributed by atoms with van der Waals surface area (Å²) in [5.74, 6) is -0.363. The quantitative estimate of drug-likeness (QED) is 0.798. The molecule has 0 saturated carbocycles. The van der Waals surface area contributed by atoms with E-state index in [1.165, 1.54) is 10.9 Å². The van der Waals surface area contributed by atoms with Gasteiger partial charge in [0.15, 0.2) is 0 Å². The molecule has 0 fully saturated rings. The maximum atomic E-state index is 13.8. The van der Waals surface area contributed by atoms with E-state index >= 15 is 0 Å². The first-order valence-electron chi connectivity index (χ1n) is 6.68. The molecule has 1 aromatic heterocycles. The molecular formula is C16H14ClFOS. The van der Waals surface area contributed by atoms with Crippen LogP contribution in [0.1, 0.15) is 34.8 Å². The Hall–Kier alpha value is -1.19. The lowest BCUT2D eigenvalue weighted by Gasteiger charge is -2.21. The largest absolute Gasteiger partial charge is 0.299 e. The smallest absolute Gasteiger partial charge is 0.144 e. The number of hydrogen-bond acceptors (Lipinski definition) is 2. The minimum absolute atomic E-state index is 0.0694. The van der Waals surface area contributed by atoms with Crippen LogP contribution >= 0.6 is 22.9 Å². The third-order valence-electron chi connectivity index (χ3n) is 3.82. The summed E-state index contributed by atoms with van der Waals surface area (Å²) in [6.07, 6.45) is 3.11. The van der Waals surface area contributed by atoms with Crippen molar-refractivity contribution in [2.75, 3.05) is 0 Å². The first-order valence-corrected chi connectivity index (χ1v) is 7.94. The third kappa shape index (κ3) is 2.65. The summed E-state index contributed by atoms with van der Waals surface area (Å²) < 4.78 is 13.8. The number of hydrogen-bond donors (Lipinski definition) is 0. The number of ketones is 1. The minimum atomic E-state index is -0.396. The normalized spacial score (nSPS) is 17.8. The van der Waals surface area contributed by atoms with Crippen molar-refractivity contribution in [2.24, 2.45) is 0 Å². The van der Waals surface area contributed by atoms with Crippen molar-refractivity contribution in [3.8, 4) is 0 Å². The van der Waals surface area contributed by atoms with E-state index in [1.54, 1.807) is 23.5 Å². The standard InChI is InChI=1S/C16H14ClFOS/c17-11-5-4-10(14(18)9-11)8-15(19)12-2-1-3-16-13(12)6-7-20-16/h4-7,9,12H,1-3,8H2. The summed E-state index contributed by atoms with van der Waals surface area (Å²) >= 11 is 7.45. The Morgan fingerprint density at radius 3 is 3.05 bits per heavy atom. The van der Waals surface area contributed by atoms with Crippen molar-refractivity contribution in [1.82, 2.24) is 0 Å². The molecule has 1 aliphatic carbocycles. The molecule has 1 aliphatic rings. The lowest BCUT2D eigenvalue weighted by molar-refractivity contribution is -0.120. The Morgan fingerprint density at radius 2 is 2.25 bits per heavy atom. The van der Waals surface area contributed by atoms with Gasteiger partial charge in [-0.25, -0.2) is 4.39 Å². The predicted octanol–water partition coefficient (Wildman–Crippen LogP) is 4.77. The number of thiophene rings is 1. The Morgan fingerprint density at radius 1 is 1.40 bits per heavy atom. The van der Waals surface area contributed by atoms with E-state index in [1.807, 2.05) is 11.4 Å². The summed E-state index contributed by atoms with van der Waals surface area (Å²) in [4.78, 5) is 13.8. The van der Waals surface area contributed by atoms with Gasteiger partial charge in [0.1, 0.15) is 11.6 Å². The van der Waals surface area contributed by atoms with Crippen LogP contribution in [0.5, 0.6) is 0 Å². The van der Waals surface area contributed by atoms with Crippen molar-refractivity contribution in [3.05, 3.63) is 56.5 Å². The highest BCUT2D eigenvalue weighted by molar-refractivity contribution is 7.10. The van der Waals surface area contributed by atoms with Crippen LogP contribution in [0.3, 0.4) is 0 Å². The monoisotopic (exact) mass is 308 g/mol. The molecule has 2 aromatic rings. The molecule has 0 N–H and O–H groups in total. The van der Waals surface area contributed by atoms with Crippen LogP contribution in [0.4, 0.5) is 4.39 Å². The van der Waals surface area contributed by atoms with Crippen LogP contribution in [0, 0.1) is 5.82 Å². The Bertz CT molecular complexity index is 650. The molecule has 1 heterocycles. The second-order valence-corrected chi connectivity index (χ2v) is 6.56. The molecule has 1 nitrogen and oxygen atoms in total. The zero-order chi connectivity index (χ0) is 14.1. The number of Topliss-reactive ketones (excluding diaryl/α,β-unsaturated/α-hetero) is 1. The SMILES string of the molecule is O=C(Cc1ccc(Cl)cc1F)C1CCCc2sccc21. The summed E-state index contributed by atoms with van der Waals surface area (Å²) in [5.41, 5.74) is 1.59. The highest BCUT2D eigenvalue weighted by atomic mass is 35.5. The van der Waals surface area contributed by atoms with E-state index in [2.05, 4.69) is 0 Å². The summed E-state index contributed by atoms with van der Waals surface area (Å²) in [7, 11) is 0. The minimum Gasteiger partial charge on any atom is -0.299 e. The first-order chi connectivity index (χ1) is 9.65. The van der Waals surface area contributed by atoms with Crippen LogP contribution in [0.2, 0.25) is 5.02 Å². The molecule has 0 radical (unpaired) electrons. The van der Waals surface area contributed by atoms with Gasteiger partial charge in [-0.15, -0.1) is 11.3 Å². The van der Waals surface area contributed by atoms with Crippen molar-refractivity contribution in [1.29, 1.82) is 0 Å². The first kappa shape index (κ1) is 13.8. The van der Waals surface area contributed by atoms with E-state index in [0.29, 0.717) is 10.6 Å². The second kappa shape index (κ2) is 5.66. The molecular weight excluding hydrogens is 295 g/mol.